The lowest BCUT2D eigenvalue weighted by molar-refractivity contribution is -0.137. The second-order valence-corrected chi connectivity index (χ2v) is 5.30. The van der Waals surface area contributed by atoms with Gasteiger partial charge in [-0.25, -0.2) is 0 Å². The van der Waals surface area contributed by atoms with Gasteiger partial charge in [0.1, 0.15) is 5.75 Å². The molecule has 0 amide bonds. The highest BCUT2D eigenvalue weighted by atomic mass is 35.5. The molecule has 1 aliphatic carbocycles. The van der Waals surface area contributed by atoms with Gasteiger partial charge in [-0.2, -0.15) is 0 Å². The van der Waals surface area contributed by atoms with Crippen LogP contribution in [0.3, 0.4) is 0 Å². The van der Waals surface area contributed by atoms with Crippen molar-refractivity contribution in [3.63, 3.8) is 0 Å². The third-order valence-corrected chi connectivity index (χ3v) is 3.75. The summed E-state index contributed by atoms with van der Waals surface area (Å²) in [5.41, 5.74) is 1.97. The molecule has 1 unspecified atom stereocenters. The number of methoxy groups -OCH3 is 1. The van der Waals surface area contributed by atoms with E-state index in [1.165, 1.54) is 0 Å². The van der Waals surface area contributed by atoms with Crippen molar-refractivity contribution in [3.05, 3.63) is 28.3 Å². The predicted molar refractivity (Wildman–Crippen MR) is 70.5 cm³/mol. The van der Waals surface area contributed by atoms with E-state index in [9.17, 15) is 4.79 Å². The Morgan fingerprint density at radius 1 is 1.56 bits per heavy atom. The average Bonchev–Trinajstić information content (AvgIpc) is 3.09. The molecule has 18 heavy (non-hydrogen) atoms. The quantitative estimate of drug-likeness (QED) is 0.887. The summed E-state index contributed by atoms with van der Waals surface area (Å²) in [6.45, 7) is 1.93. The molecule has 1 saturated carbocycles. The van der Waals surface area contributed by atoms with Gasteiger partial charge in [0.15, 0.2) is 0 Å². The van der Waals surface area contributed by atoms with Gasteiger partial charge in [0.25, 0.3) is 0 Å². The fourth-order valence-electron chi connectivity index (χ4n) is 2.47. The summed E-state index contributed by atoms with van der Waals surface area (Å²) < 4.78 is 5.22. The summed E-state index contributed by atoms with van der Waals surface area (Å²) >= 11 is 6.17. The Morgan fingerprint density at radius 3 is 2.67 bits per heavy atom. The SMILES string of the molecule is COc1c(C)cc(C(CC(=O)O)C2CC2)cc1Cl. The number of rotatable bonds is 5. The zero-order valence-electron chi connectivity index (χ0n) is 10.6. The molecule has 0 saturated heterocycles. The van der Waals surface area contributed by atoms with E-state index < -0.39 is 5.97 Å². The van der Waals surface area contributed by atoms with Crippen LogP contribution in [-0.2, 0) is 4.79 Å². The predicted octanol–water partition coefficient (Wildman–Crippen LogP) is 3.63. The Balaban J connectivity index is 2.33. The highest BCUT2D eigenvalue weighted by Crippen LogP contribution is 2.46. The highest BCUT2D eigenvalue weighted by Gasteiger charge is 2.34. The Bertz CT molecular complexity index is 443. The standard InChI is InChI=1S/C14H17ClO3/c1-8-5-10(6-12(15)14(8)18-2)11(7-13(16)17)9-3-4-9/h5-6,9,11H,3-4,7H2,1-2H3,(H,16,17). The van der Waals surface area contributed by atoms with Gasteiger partial charge in [-0.1, -0.05) is 17.7 Å². The zero-order valence-corrected chi connectivity index (χ0v) is 11.3. The first-order chi connectivity index (χ1) is 8.52. The van der Waals surface area contributed by atoms with Crippen LogP contribution in [0.2, 0.25) is 5.02 Å². The lowest BCUT2D eigenvalue weighted by Gasteiger charge is -2.17. The first kappa shape index (κ1) is 13.2. The first-order valence-electron chi connectivity index (χ1n) is 6.08. The van der Waals surface area contributed by atoms with Crippen LogP contribution < -0.4 is 4.74 Å². The Labute approximate surface area is 112 Å². The number of carboxylic acid groups (broad SMARTS) is 1. The van der Waals surface area contributed by atoms with Gasteiger partial charge >= 0.3 is 5.97 Å². The van der Waals surface area contributed by atoms with Crippen molar-refractivity contribution >= 4 is 17.6 Å². The van der Waals surface area contributed by atoms with Crippen LogP contribution in [-0.4, -0.2) is 18.2 Å². The highest BCUT2D eigenvalue weighted by molar-refractivity contribution is 6.32. The van der Waals surface area contributed by atoms with Crippen LogP contribution in [0.5, 0.6) is 5.75 Å². The monoisotopic (exact) mass is 268 g/mol. The number of aryl methyl sites for hydroxylation is 1. The largest absolute Gasteiger partial charge is 0.495 e. The second-order valence-electron chi connectivity index (χ2n) is 4.89. The lowest BCUT2D eigenvalue weighted by atomic mass is 9.90. The number of halogens is 1. The molecule has 1 aliphatic rings. The molecule has 98 valence electrons. The van der Waals surface area contributed by atoms with E-state index in [0.29, 0.717) is 16.7 Å². The van der Waals surface area contributed by atoms with Crippen LogP contribution in [0.1, 0.15) is 36.3 Å². The minimum absolute atomic E-state index is 0.0737. The lowest BCUT2D eigenvalue weighted by Crippen LogP contribution is -2.09. The van der Waals surface area contributed by atoms with Crippen molar-refractivity contribution in [1.82, 2.24) is 0 Å². The maximum Gasteiger partial charge on any atom is 0.303 e. The molecule has 1 N–H and O–H groups in total. The summed E-state index contributed by atoms with van der Waals surface area (Å²) in [5, 5.41) is 9.56. The van der Waals surface area contributed by atoms with Crippen molar-refractivity contribution in [3.8, 4) is 5.75 Å². The third kappa shape index (κ3) is 2.78. The smallest absolute Gasteiger partial charge is 0.303 e. The van der Waals surface area contributed by atoms with Gasteiger partial charge in [-0.05, 0) is 48.8 Å². The van der Waals surface area contributed by atoms with Crippen molar-refractivity contribution in [1.29, 1.82) is 0 Å². The van der Waals surface area contributed by atoms with Crippen LogP contribution in [0.4, 0.5) is 0 Å². The molecule has 1 fully saturated rings. The summed E-state index contributed by atoms with van der Waals surface area (Å²) in [4.78, 5) is 11.0. The topological polar surface area (TPSA) is 46.5 Å². The minimum atomic E-state index is -0.753. The number of hydrogen-bond donors (Lipinski definition) is 1. The van der Waals surface area contributed by atoms with Crippen LogP contribution in [0, 0.1) is 12.8 Å². The molecule has 2 rings (SSSR count). The number of ether oxygens (including phenoxy) is 1. The van der Waals surface area contributed by atoms with E-state index in [1.807, 2.05) is 19.1 Å². The number of carbonyl (C=O) groups is 1. The second kappa shape index (κ2) is 5.19. The zero-order chi connectivity index (χ0) is 13.3. The maximum atomic E-state index is 11.0. The molecule has 1 atom stereocenters. The summed E-state index contributed by atoms with van der Waals surface area (Å²) in [7, 11) is 1.59. The van der Waals surface area contributed by atoms with Crippen molar-refractivity contribution in [2.24, 2.45) is 5.92 Å². The van der Waals surface area contributed by atoms with Crippen LogP contribution in [0.15, 0.2) is 12.1 Å². The molecule has 0 bridgehead atoms. The van der Waals surface area contributed by atoms with Gasteiger partial charge < -0.3 is 9.84 Å². The average molecular weight is 269 g/mol. The summed E-state index contributed by atoms with van der Waals surface area (Å²) in [6.07, 6.45) is 2.40. The van der Waals surface area contributed by atoms with Gasteiger partial charge in [0.05, 0.1) is 18.6 Å². The van der Waals surface area contributed by atoms with E-state index in [4.69, 9.17) is 21.4 Å². The summed E-state index contributed by atoms with van der Waals surface area (Å²) in [6, 6.07) is 3.84. The number of benzene rings is 1. The van der Waals surface area contributed by atoms with Crippen molar-refractivity contribution < 1.29 is 14.6 Å². The van der Waals surface area contributed by atoms with Gasteiger partial charge in [-0.3, -0.25) is 4.79 Å². The minimum Gasteiger partial charge on any atom is -0.495 e. The molecule has 4 heteroatoms. The Hall–Kier alpha value is -1.22. The molecule has 0 aromatic heterocycles. The maximum absolute atomic E-state index is 11.0. The number of aliphatic carboxylic acids is 1. The summed E-state index contributed by atoms with van der Waals surface area (Å²) in [5.74, 6) is 0.483. The fraction of sp³-hybridized carbons (Fsp3) is 0.500. The van der Waals surface area contributed by atoms with Crippen molar-refractivity contribution in [2.75, 3.05) is 7.11 Å². The van der Waals surface area contributed by atoms with Gasteiger partial charge in [0.2, 0.25) is 0 Å². The van der Waals surface area contributed by atoms with Crippen molar-refractivity contribution in [2.45, 2.75) is 32.1 Å². The normalized spacial score (nSPS) is 16.4. The fourth-order valence-corrected chi connectivity index (χ4v) is 2.83. The molecule has 0 spiro atoms. The van der Waals surface area contributed by atoms with Crippen LogP contribution in [0.25, 0.3) is 0 Å². The van der Waals surface area contributed by atoms with E-state index in [-0.39, 0.29) is 12.3 Å². The molecule has 0 aliphatic heterocycles. The van der Waals surface area contributed by atoms with E-state index >= 15 is 0 Å². The van der Waals surface area contributed by atoms with E-state index in [2.05, 4.69) is 0 Å². The third-order valence-electron chi connectivity index (χ3n) is 3.47. The molecular formula is C14H17ClO3. The first-order valence-corrected chi connectivity index (χ1v) is 6.46. The number of hydrogen-bond acceptors (Lipinski definition) is 2. The van der Waals surface area contributed by atoms with E-state index in [1.54, 1.807) is 7.11 Å². The molecule has 1 aromatic rings. The van der Waals surface area contributed by atoms with Gasteiger partial charge in [0, 0.05) is 0 Å². The van der Waals surface area contributed by atoms with Crippen LogP contribution >= 0.6 is 11.6 Å². The molecule has 1 aromatic carbocycles. The Kier molecular flexibility index (Phi) is 3.81. The number of carboxylic acids is 1. The van der Waals surface area contributed by atoms with Gasteiger partial charge in [-0.15, -0.1) is 0 Å². The Morgan fingerprint density at radius 2 is 2.22 bits per heavy atom. The molecular weight excluding hydrogens is 252 g/mol. The molecule has 0 radical (unpaired) electrons. The molecule has 3 nitrogen and oxygen atoms in total. The molecule has 0 heterocycles. The van der Waals surface area contributed by atoms with E-state index in [0.717, 1.165) is 24.0 Å².